The van der Waals surface area contributed by atoms with E-state index in [2.05, 4.69) is 178 Å². The lowest BCUT2D eigenvalue weighted by molar-refractivity contribution is 0.558. The molecule has 68 heavy (non-hydrogen) atoms. The Labute approximate surface area is 399 Å². The van der Waals surface area contributed by atoms with Crippen LogP contribution in [0.5, 0.6) is 0 Å². The van der Waals surface area contributed by atoms with Crippen LogP contribution in [0.25, 0.3) is 78.7 Å². The van der Waals surface area contributed by atoms with Crippen LogP contribution in [-0.4, -0.2) is 26.5 Å². The van der Waals surface area contributed by atoms with E-state index in [4.69, 9.17) is 24.9 Å². The number of benzene rings is 9. The highest BCUT2D eigenvalue weighted by molar-refractivity contribution is 6.12. The summed E-state index contributed by atoms with van der Waals surface area (Å²) in [5.41, 5.74) is 15.2. The molecule has 0 fully saturated rings. The van der Waals surface area contributed by atoms with E-state index in [0.29, 0.717) is 23.3 Å². The van der Waals surface area contributed by atoms with Crippen molar-refractivity contribution in [2.75, 3.05) is 0 Å². The van der Waals surface area contributed by atoms with Crippen molar-refractivity contribution < 1.29 is 0 Å². The standard InChI is InChI=1S/C63H49N5/c1-44(64-62(51-31-18-8-19-32-51)68-63(2,3)55-35-20-9-21-36-55)45-37-39-48(40-38-45)58-56(46-23-10-4-11-24-46)42-54(43-57(58)47-25-12-5-13-26-47)52-33-22-34-53(41-52)61-66-59(49-27-14-6-15-28-49)65-60(67-61)50-29-16-7-17-30-50/h4-43H,1-3H3/b64-44+,68-62-. The van der Waals surface area contributed by atoms with E-state index in [9.17, 15) is 0 Å². The highest BCUT2D eigenvalue weighted by Crippen LogP contribution is 2.44. The monoisotopic (exact) mass is 875 g/mol. The highest BCUT2D eigenvalue weighted by Gasteiger charge is 2.22. The summed E-state index contributed by atoms with van der Waals surface area (Å²) in [7, 11) is 0. The van der Waals surface area contributed by atoms with Gasteiger partial charge in [0.1, 0.15) is 0 Å². The van der Waals surface area contributed by atoms with Crippen LogP contribution in [0.1, 0.15) is 37.5 Å². The van der Waals surface area contributed by atoms with Gasteiger partial charge in [0, 0.05) is 28.0 Å². The maximum Gasteiger partial charge on any atom is 0.164 e. The molecule has 0 spiro atoms. The van der Waals surface area contributed by atoms with Gasteiger partial charge in [0.25, 0.3) is 0 Å². The summed E-state index contributed by atoms with van der Waals surface area (Å²) in [6, 6.07) is 84.2. The molecule has 0 aliphatic rings. The highest BCUT2D eigenvalue weighted by atomic mass is 15.0. The van der Waals surface area contributed by atoms with Crippen molar-refractivity contribution in [3.63, 3.8) is 0 Å². The molecule has 0 aliphatic carbocycles. The van der Waals surface area contributed by atoms with Gasteiger partial charge in [-0.2, -0.15) is 0 Å². The minimum atomic E-state index is -0.486. The van der Waals surface area contributed by atoms with Crippen molar-refractivity contribution in [1.29, 1.82) is 0 Å². The van der Waals surface area contributed by atoms with Gasteiger partial charge in [-0.3, -0.25) is 4.99 Å². The Morgan fingerprint density at radius 3 is 1.26 bits per heavy atom. The van der Waals surface area contributed by atoms with Gasteiger partial charge in [-0.15, -0.1) is 0 Å². The molecule has 0 unspecified atom stereocenters. The quantitative estimate of drug-likeness (QED) is 0.0960. The Bertz CT molecular complexity index is 3250. The molecule has 1 heterocycles. The van der Waals surface area contributed by atoms with E-state index >= 15 is 0 Å². The molecule has 0 bridgehead atoms. The smallest absolute Gasteiger partial charge is 0.164 e. The Morgan fingerprint density at radius 1 is 0.353 bits per heavy atom. The lowest BCUT2D eigenvalue weighted by atomic mass is 9.84. The van der Waals surface area contributed by atoms with Gasteiger partial charge in [-0.1, -0.05) is 224 Å². The number of nitrogens with zero attached hydrogens (tertiary/aromatic N) is 5. The molecule has 0 atom stereocenters. The van der Waals surface area contributed by atoms with Gasteiger partial charge in [-0.25, -0.2) is 19.9 Å². The maximum atomic E-state index is 5.28. The molecule has 0 saturated carbocycles. The summed E-state index contributed by atoms with van der Waals surface area (Å²) >= 11 is 0. The number of hydrogen-bond acceptors (Lipinski definition) is 4. The molecule has 9 aromatic carbocycles. The van der Waals surface area contributed by atoms with Crippen LogP contribution >= 0.6 is 0 Å². The van der Waals surface area contributed by atoms with Crippen LogP contribution in [0.15, 0.2) is 253 Å². The average Bonchev–Trinajstić information content (AvgIpc) is 3.41. The number of hydrogen-bond donors (Lipinski definition) is 0. The van der Waals surface area contributed by atoms with E-state index in [1.807, 2.05) is 84.9 Å². The van der Waals surface area contributed by atoms with Crippen LogP contribution in [-0.2, 0) is 5.54 Å². The van der Waals surface area contributed by atoms with E-state index in [1.54, 1.807) is 0 Å². The Balaban J connectivity index is 1.08. The van der Waals surface area contributed by atoms with Gasteiger partial charge >= 0.3 is 0 Å². The van der Waals surface area contributed by atoms with Crippen molar-refractivity contribution in [2.45, 2.75) is 26.3 Å². The zero-order valence-electron chi connectivity index (χ0n) is 38.3. The van der Waals surface area contributed by atoms with E-state index in [1.165, 1.54) is 0 Å². The minimum absolute atomic E-state index is 0.486. The fourth-order valence-electron chi connectivity index (χ4n) is 8.60. The van der Waals surface area contributed by atoms with Gasteiger partial charge in [0.05, 0.1) is 5.54 Å². The second-order valence-corrected chi connectivity index (χ2v) is 17.3. The molecule has 5 nitrogen and oxygen atoms in total. The lowest BCUT2D eigenvalue weighted by Crippen LogP contribution is -2.17. The molecule has 10 aromatic rings. The summed E-state index contributed by atoms with van der Waals surface area (Å²) in [6.45, 7) is 6.35. The zero-order valence-corrected chi connectivity index (χ0v) is 38.3. The van der Waals surface area contributed by atoms with Gasteiger partial charge in [0.15, 0.2) is 23.3 Å². The number of rotatable bonds is 11. The third-order valence-corrected chi connectivity index (χ3v) is 12.2. The molecule has 0 saturated heterocycles. The second kappa shape index (κ2) is 19.4. The summed E-state index contributed by atoms with van der Waals surface area (Å²) in [5.74, 6) is 2.57. The first-order valence-electron chi connectivity index (χ1n) is 23.0. The molecule has 0 aliphatic heterocycles. The molecule has 0 N–H and O–H groups in total. The number of amidine groups is 1. The predicted molar refractivity (Wildman–Crippen MR) is 283 cm³/mol. The summed E-state index contributed by atoms with van der Waals surface area (Å²) in [5, 5.41) is 0. The van der Waals surface area contributed by atoms with E-state index in [-0.39, 0.29) is 0 Å². The Kier molecular flexibility index (Phi) is 12.4. The summed E-state index contributed by atoms with van der Waals surface area (Å²) in [6.07, 6.45) is 0. The maximum absolute atomic E-state index is 5.28. The average molecular weight is 876 g/mol. The second-order valence-electron chi connectivity index (χ2n) is 17.3. The molecule has 5 heteroatoms. The normalized spacial score (nSPS) is 11.9. The van der Waals surface area contributed by atoms with E-state index in [0.717, 1.165) is 83.6 Å². The van der Waals surface area contributed by atoms with Crippen LogP contribution in [0.4, 0.5) is 0 Å². The SMILES string of the molecule is C/C(=N\C(=N/C(C)(C)c1ccccc1)c1ccccc1)c1ccc(-c2c(-c3ccccc3)cc(-c3cccc(-c4nc(-c5ccccc5)nc(-c5ccccc5)n4)c3)cc2-c2ccccc2)cc1. The minimum Gasteiger partial charge on any atom is -0.255 e. The molecule has 0 radical (unpaired) electrons. The third-order valence-electron chi connectivity index (χ3n) is 12.2. The molecule has 0 amide bonds. The topological polar surface area (TPSA) is 63.4 Å². The van der Waals surface area contributed by atoms with E-state index < -0.39 is 5.54 Å². The van der Waals surface area contributed by atoms with Crippen molar-refractivity contribution in [3.05, 3.63) is 259 Å². The zero-order chi connectivity index (χ0) is 46.3. The van der Waals surface area contributed by atoms with Crippen LogP contribution in [0.2, 0.25) is 0 Å². The number of aromatic nitrogens is 3. The van der Waals surface area contributed by atoms with Gasteiger partial charge in [0.2, 0.25) is 0 Å². The summed E-state index contributed by atoms with van der Waals surface area (Å²) in [4.78, 5) is 25.6. The third kappa shape index (κ3) is 9.51. The molecule has 326 valence electrons. The van der Waals surface area contributed by atoms with Gasteiger partial charge in [-0.05, 0) is 94.6 Å². The van der Waals surface area contributed by atoms with Crippen LogP contribution < -0.4 is 0 Å². The molecule has 10 rings (SSSR count). The Hall–Kier alpha value is -8.67. The molecule has 1 aromatic heterocycles. The predicted octanol–water partition coefficient (Wildman–Crippen LogP) is 15.7. The molecular weight excluding hydrogens is 827 g/mol. The van der Waals surface area contributed by atoms with Crippen molar-refractivity contribution in [1.82, 2.24) is 15.0 Å². The largest absolute Gasteiger partial charge is 0.255 e. The summed E-state index contributed by atoms with van der Waals surface area (Å²) < 4.78 is 0. The van der Waals surface area contributed by atoms with Crippen LogP contribution in [0, 0.1) is 0 Å². The Morgan fingerprint density at radius 2 is 0.765 bits per heavy atom. The van der Waals surface area contributed by atoms with Crippen molar-refractivity contribution in [2.24, 2.45) is 9.98 Å². The first-order chi connectivity index (χ1) is 33.4. The van der Waals surface area contributed by atoms with Crippen molar-refractivity contribution in [3.8, 4) is 78.7 Å². The fourth-order valence-corrected chi connectivity index (χ4v) is 8.60. The number of aliphatic imine (C=N–C) groups is 2. The first kappa shape index (κ1) is 43.2. The van der Waals surface area contributed by atoms with Crippen molar-refractivity contribution >= 4 is 11.5 Å². The molecular formula is C63H49N5. The lowest BCUT2D eigenvalue weighted by Gasteiger charge is -2.22. The first-order valence-corrected chi connectivity index (χ1v) is 23.0. The van der Waals surface area contributed by atoms with Crippen LogP contribution in [0.3, 0.4) is 0 Å². The van der Waals surface area contributed by atoms with Gasteiger partial charge < -0.3 is 0 Å². The fraction of sp³-hybridized carbons (Fsp3) is 0.0635.